The summed E-state index contributed by atoms with van der Waals surface area (Å²) in [6, 6.07) is 2.73. The molecule has 1 fully saturated rings. The van der Waals surface area contributed by atoms with Crippen LogP contribution in [0, 0.1) is 6.92 Å². The molecule has 0 spiro atoms. The first-order valence-corrected chi connectivity index (χ1v) is 9.39. The summed E-state index contributed by atoms with van der Waals surface area (Å²) < 4.78 is 5.56. The monoisotopic (exact) mass is 426 g/mol. The van der Waals surface area contributed by atoms with Crippen LogP contribution in [0.15, 0.2) is 18.3 Å². The standard InChI is InChI=1S/C18H20Cl2N4O4/c1-9-14(19)15(20)16(22-9)17(25)23-11-4-6-24(8-12(11)28-2)13-7-10(18(26)27)3-5-21-13/h3,5,7,11-12,22H,4,6,8H2,1-2H3,(H,23,25)(H,26,27)/t11-,12+/m1/s1. The van der Waals surface area contributed by atoms with Gasteiger partial charge >= 0.3 is 5.97 Å². The van der Waals surface area contributed by atoms with Gasteiger partial charge in [-0.3, -0.25) is 4.79 Å². The van der Waals surface area contributed by atoms with Crippen molar-refractivity contribution < 1.29 is 19.4 Å². The fourth-order valence-corrected chi connectivity index (χ4v) is 3.64. The molecule has 0 radical (unpaired) electrons. The fourth-order valence-electron chi connectivity index (χ4n) is 3.22. The van der Waals surface area contributed by atoms with E-state index < -0.39 is 5.97 Å². The van der Waals surface area contributed by atoms with Crippen molar-refractivity contribution in [1.82, 2.24) is 15.3 Å². The Morgan fingerprint density at radius 3 is 2.75 bits per heavy atom. The Balaban J connectivity index is 1.71. The number of aromatic carboxylic acids is 1. The van der Waals surface area contributed by atoms with Crippen LogP contribution in [0.5, 0.6) is 0 Å². The predicted octanol–water partition coefficient (Wildman–Crippen LogP) is 2.75. The van der Waals surface area contributed by atoms with Crippen molar-refractivity contribution in [2.45, 2.75) is 25.5 Å². The van der Waals surface area contributed by atoms with Crippen LogP contribution in [-0.4, -0.2) is 59.3 Å². The zero-order valence-corrected chi connectivity index (χ0v) is 16.8. The van der Waals surface area contributed by atoms with Gasteiger partial charge in [0, 0.05) is 32.1 Å². The number of aromatic nitrogens is 2. The summed E-state index contributed by atoms with van der Waals surface area (Å²) in [6.07, 6.45) is 1.75. The zero-order chi connectivity index (χ0) is 20.4. The number of anilines is 1. The molecule has 3 heterocycles. The third-order valence-electron chi connectivity index (χ3n) is 4.78. The Morgan fingerprint density at radius 1 is 1.39 bits per heavy atom. The second-order valence-corrected chi connectivity index (χ2v) is 7.31. The molecule has 3 rings (SSSR count). The van der Waals surface area contributed by atoms with E-state index in [2.05, 4.69) is 15.3 Å². The highest BCUT2D eigenvalue weighted by Crippen LogP contribution is 2.29. The molecule has 1 saturated heterocycles. The number of hydrogen-bond donors (Lipinski definition) is 3. The van der Waals surface area contributed by atoms with Crippen LogP contribution in [0.4, 0.5) is 5.82 Å². The molecule has 0 saturated carbocycles. The first-order chi connectivity index (χ1) is 13.3. The molecular formula is C18H20Cl2N4O4. The molecule has 1 aliphatic rings. The lowest BCUT2D eigenvalue weighted by Gasteiger charge is -2.38. The lowest BCUT2D eigenvalue weighted by molar-refractivity contribution is 0.0538. The number of amides is 1. The van der Waals surface area contributed by atoms with Crippen LogP contribution in [0.1, 0.15) is 33.0 Å². The van der Waals surface area contributed by atoms with E-state index in [1.807, 2.05) is 4.90 Å². The molecule has 8 nitrogen and oxygen atoms in total. The number of carboxylic acid groups (broad SMARTS) is 1. The maximum absolute atomic E-state index is 12.6. The number of aryl methyl sites for hydroxylation is 1. The minimum Gasteiger partial charge on any atom is -0.478 e. The molecule has 0 bridgehead atoms. The van der Waals surface area contributed by atoms with Gasteiger partial charge in [0.1, 0.15) is 11.5 Å². The van der Waals surface area contributed by atoms with Crippen molar-refractivity contribution in [1.29, 1.82) is 0 Å². The average molecular weight is 427 g/mol. The second-order valence-electron chi connectivity index (χ2n) is 6.55. The van der Waals surface area contributed by atoms with Crippen molar-refractivity contribution >= 4 is 40.9 Å². The molecule has 1 amide bonds. The number of rotatable bonds is 5. The van der Waals surface area contributed by atoms with Crippen molar-refractivity contribution in [2.24, 2.45) is 0 Å². The third-order valence-corrected chi connectivity index (χ3v) is 5.72. The van der Waals surface area contributed by atoms with Crippen molar-refractivity contribution in [3.8, 4) is 0 Å². The summed E-state index contributed by atoms with van der Waals surface area (Å²) in [7, 11) is 1.57. The van der Waals surface area contributed by atoms with Crippen molar-refractivity contribution in [3.05, 3.63) is 45.3 Å². The van der Waals surface area contributed by atoms with Gasteiger partial charge in [0.25, 0.3) is 5.91 Å². The molecule has 0 aliphatic carbocycles. The van der Waals surface area contributed by atoms with E-state index >= 15 is 0 Å². The number of piperidine rings is 1. The molecule has 28 heavy (non-hydrogen) atoms. The predicted molar refractivity (Wildman–Crippen MR) is 106 cm³/mol. The minimum absolute atomic E-state index is 0.169. The van der Waals surface area contributed by atoms with E-state index in [1.54, 1.807) is 14.0 Å². The molecular weight excluding hydrogens is 407 g/mol. The highest BCUT2D eigenvalue weighted by molar-refractivity contribution is 6.44. The molecule has 2 aromatic rings. The Labute approximate surface area is 171 Å². The lowest BCUT2D eigenvalue weighted by atomic mass is 10.0. The number of H-pyrrole nitrogens is 1. The number of nitrogens with zero attached hydrogens (tertiary/aromatic N) is 2. The molecule has 0 unspecified atom stereocenters. The van der Waals surface area contributed by atoms with Crippen LogP contribution >= 0.6 is 23.2 Å². The van der Waals surface area contributed by atoms with Crippen molar-refractivity contribution in [3.63, 3.8) is 0 Å². The third kappa shape index (κ3) is 4.09. The highest BCUT2D eigenvalue weighted by atomic mass is 35.5. The Morgan fingerprint density at radius 2 is 2.14 bits per heavy atom. The molecule has 1 aliphatic heterocycles. The summed E-state index contributed by atoms with van der Waals surface area (Å²) in [6.45, 7) is 2.77. The Hall–Kier alpha value is -2.29. The molecule has 2 aromatic heterocycles. The van der Waals surface area contributed by atoms with Crippen LogP contribution in [-0.2, 0) is 4.74 Å². The normalized spacial score (nSPS) is 19.5. The van der Waals surface area contributed by atoms with Crippen molar-refractivity contribution in [2.75, 3.05) is 25.1 Å². The Bertz CT molecular complexity index is 902. The molecule has 3 N–H and O–H groups in total. The van der Waals surface area contributed by atoms with Gasteiger partial charge in [-0.2, -0.15) is 0 Å². The largest absolute Gasteiger partial charge is 0.478 e. The maximum Gasteiger partial charge on any atom is 0.335 e. The van der Waals surface area contributed by atoms with E-state index in [9.17, 15) is 9.59 Å². The molecule has 10 heteroatoms. The van der Waals surface area contributed by atoms with Crippen LogP contribution in [0.25, 0.3) is 0 Å². The van der Waals surface area contributed by atoms with Gasteiger partial charge in [-0.1, -0.05) is 23.2 Å². The lowest BCUT2D eigenvalue weighted by Crippen LogP contribution is -2.55. The number of carbonyl (C=O) groups is 2. The van der Waals surface area contributed by atoms with Gasteiger partial charge in [-0.15, -0.1) is 0 Å². The van der Waals surface area contributed by atoms with E-state index in [4.69, 9.17) is 33.0 Å². The summed E-state index contributed by atoms with van der Waals surface area (Å²) in [4.78, 5) is 32.9. The second kappa shape index (κ2) is 8.38. The maximum atomic E-state index is 12.6. The minimum atomic E-state index is -1.01. The number of ether oxygens (including phenoxy) is 1. The number of pyridine rings is 1. The number of methoxy groups -OCH3 is 1. The van der Waals surface area contributed by atoms with Gasteiger partial charge in [0.15, 0.2) is 0 Å². The first-order valence-electron chi connectivity index (χ1n) is 8.63. The number of carbonyl (C=O) groups excluding carboxylic acids is 1. The quantitative estimate of drug-likeness (QED) is 0.678. The number of nitrogens with one attached hydrogen (secondary N) is 2. The number of carboxylic acids is 1. The van der Waals surface area contributed by atoms with Gasteiger partial charge in [0.05, 0.1) is 27.8 Å². The summed E-state index contributed by atoms with van der Waals surface area (Å²) in [5, 5.41) is 12.6. The van der Waals surface area contributed by atoms with E-state index in [0.717, 1.165) is 0 Å². The Kier molecular flexibility index (Phi) is 6.12. The van der Waals surface area contributed by atoms with E-state index in [-0.39, 0.29) is 34.3 Å². The SMILES string of the molecule is CO[C@H]1CN(c2cc(C(=O)O)ccn2)CC[C@H]1NC(=O)c1[nH]c(C)c(Cl)c1Cl. The van der Waals surface area contributed by atoms with Gasteiger partial charge < -0.3 is 25.0 Å². The average Bonchev–Trinajstić information content (AvgIpc) is 2.95. The zero-order valence-electron chi connectivity index (χ0n) is 15.3. The smallest absolute Gasteiger partial charge is 0.335 e. The molecule has 2 atom stereocenters. The van der Waals surface area contributed by atoms with Gasteiger partial charge in [0.2, 0.25) is 0 Å². The molecule has 0 aromatic carbocycles. The number of aromatic amines is 1. The first kappa shape index (κ1) is 20.4. The topological polar surface area (TPSA) is 108 Å². The fraction of sp³-hybridized carbons (Fsp3) is 0.389. The van der Waals surface area contributed by atoms with Gasteiger partial charge in [-0.25, -0.2) is 9.78 Å². The molecule has 150 valence electrons. The number of hydrogen-bond acceptors (Lipinski definition) is 5. The summed E-state index contributed by atoms with van der Waals surface area (Å²) in [5.74, 6) is -0.807. The van der Waals surface area contributed by atoms with Crippen LogP contribution in [0.3, 0.4) is 0 Å². The summed E-state index contributed by atoms with van der Waals surface area (Å²) in [5.41, 5.74) is 1.01. The van der Waals surface area contributed by atoms with E-state index in [1.165, 1.54) is 18.3 Å². The van der Waals surface area contributed by atoms with Crippen LogP contribution < -0.4 is 10.2 Å². The van der Waals surface area contributed by atoms with E-state index in [0.29, 0.717) is 36.0 Å². The number of halogens is 2. The van der Waals surface area contributed by atoms with Gasteiger partial charge in [-0.05, 0) is 25.5 Å². The summed E-state index contributed by atoms with van der Waals surface area (Å²) >= 11 is 12.2. The highest BCUT2D eigenvalue weighted by Gasteiger charge is 2.32. The van der Waals surface area contributed by atoms with Crippen LogP contribution in [0.2, 0.25) is 10.0 Å².